The first-order valence-corrected chi connectivity index (χ1v) is 15.0. The Kier molecular flexibility index (Phi) is 7.04. The topological polar surface area (TPSA) is 43.4 Å². The fraction of sp³-hybridized carbons (Fsp3) is 0.357. The molecule has 0 saturated heterocycles. The van der Waals surface area contributed by atoms with Crippen molar-refractivity contribution in [3.63, 3.8) is 0 Å². The maximum Gasteiger partial charge on any atom is 0.338 e. The van der Waals surface area contributed by atoms with E-state index in [4.69, 9.17) is 4.74 Å². The van der Waals surface area contributed by atoms with Gasteiger partial charge in [-0.25, -0.2) is 4.79 Å². The van der Waals surface area contributed by atoms with Crippen LogP contribution in [0.4, 0.5) is 0 Å². The summed E-state index contributed by atoms with van der Waals surface area (Å²) < 4.78 is 5.39. The molecule has 0 heterocycles. The number of carbonyl (C=O) groups excluding carboxylic acids is 2. The number of hydrogen-bond donors (Lipinski definition) is 0. The third-order valence-corrected chi connectivity index (χ3v) is 7.74. The monoisotopic (exact) mass is 446 g/mol. The highest BCUT2D eigenvalue weighted by Crippen LogP contribution is 2.39. The van der Waals surface area contributed by atoms with Crippen LogP contribution in [0.3, 0.4) is 0 Å². The zero-order chi connectivity index (χ0) is 23.5. The van der Waals surface area contributed by atoms with Crippen LogP contribution in [0, 0.1) is 0 Å². The predicted molar refractivity (Wildman–Crippen MR) is 136 cm³/mol. The van der Waals surface area contributed by atoms with Crippen molar-refractivity contribution in [1.82, 2.24) is 0 Å². The van der Waals surface area contributed by atoms with E-state index in [1.807, 2.05) is 24.3 Å². The van der Waals surface area contributed by atoms with Gasteiger partial charge in [0.2, 0.25) is 0 Å². The molecule has 0 aliphatic heterocycles. The summed E-state index contributed by atoms with van der Waals surface area (Å²) in [5.74, 6) is -0.318. The molecule has 0 unspecified atom stereocenters. The Morgan fingerprint density at radius 3 is 2.34 bits per heavy atom. The first-order chi connectivity index (χ1) is 15.0. The molecule has 0 atom stereocenters. The van der Waals surface area contributed by atoms with E-state index in [2.05, 4.69) is 52.6 Å². The third-order valence-electron chi connectivity index (χ3n) is 6.04. The molecule has 1 aliphatic carbocycles. The zero-order valence-corrected chi connectivity index (χ0v) is 21.1. The first kappa shape index (κ1) is 23.9. The van der Waals surface area contributed by atoms with Gasteiger partial charge < -0.3 is 4.74 Å². The van der Waals surface area contributed by atoms with Crippen molar-refractivity contribution in [2.24, 2.45) is 0 Å². The second kappa shape index (κ2) is 9.41. The summed E-state index contributed by atoms with van der Waals surface area (Å²) in [6.45, 7) is 13.8. The number of hydrogen-bond acceptors (Lipinski definition) is 3. The van der Waals surface area contributed by atoms with E-state index in [1.165, 1.54) is 16.7 Å². The molecule has 2 aromatic carbocycles. The second-order valence-electron chi connectivity index (χ2n) is 10.5. The average molecular weight is 447 g/mol. The molecule has 32 heavy (non-hydrogen) atoms. The van der Waals surface area contributed by atoms with Gasteiger partial charge in [0.25, 0.3) is 0 Å². The smallest absolute Gasteiger partial charge is 0.338 e. The van der Waals surface area contributed by atoms with Gasteiger partial charge in [0, 0.05) is 13.6 Å². The maximum absolute atomic E-state index is 12.8. The highest BCUT2D eigenvalue weighted by Gasteiger charge is 2.27. The summed E-state index contributed by atoms with van der Waals surface area (Å²) in [5, 5.41) is 0. The normalized spacial score (nSPS) is 15.2. The van der Waals surface area contributed by atoms with Gasteiger partial charge in [0.15, 0.2) is 5.78 Å². The van der Waals surface area contributed by atoms with Gasteiger partial charge in [-0.05, 0) is 71.3 Å². The van der Waals surface area contributed by atoms with Crippen LogP contribution in [0.15, 0.2) is 54.6 Å². The van der Waals surface area contributed by atoms with E-state index in [0.717, 1.165) is 18.0 Å². The molecule has 2 aromatic rings. The van der Waals surface area contributed by atoms with Crippen LogP contribution < -0.4 is 0 Å². The van der Waals surface area contributed by atoms with Crippen molar-refractivity contribution >= 4 is 31.5 Å². The molecule has 0 bridgehead atoms. The number of ketones is 1. The van der Waals surface area contributed by atoms with Crippen LogP contribution in [-0.4, -0.2) is 26.4 Å². The molecule has 1 aliphatic rings. The fourth-order valence-electron chi connectivity index (χ4n) is 3.76. The number of benzene rings is 2. The highest BCUT2D eigenvalue weighted by atomic mass is 28.3. The van der Waals surface area contributed by atoms with Crippen LogP contribution in [0.2, 0.25) is 25.7 Å². The van der Waals surface area contributed by atoms with Crippen molar-refractivity contribution in [3.05, 3.63) is 82.4 Å². The molecular weight excluding hydrogens is 412 g/mol. The van der Waals surface area contributed by atoms with E-state index in [9.17, 15) is 9.59 Å². The van der Waals surface area contributed by atoms with E-state index in [1.54, 1.807) is 24.3 Å². The molecule has 0 aromatic heterocycles. The van der Waals surface area contributed by atoms with Gasteiger partial charge in [0.05, 0.1) is 12.2 Å². The Morgan fingerprint density at radius 2 is 1.69 bits per heavy atom. The maximum atomic E-state index is 12.8. The molecule has 0 spiro atoms. The number of carbonyl (C=O) groups is 2. The summed E-state index contributed by atoms with van der Waals surface area (Å²) in [5.41, 5.74) is 5.86. The zero-order valence-electron chi connectivity index (χ0n) is 20.1. The van der Waals surface area contributed by atoms with Gasteiger partial charge in [-0.1, -0.05) is 69.9 Å². The lowest BCUT2D eigenvalue weighted by atomic mass is 9.73. The van der Waals surface area contributed by atoms with Crippen LogP contribution in [0.5, 0.6) is 0 Å². The molecule has 3 rings (SSSR count). The van der Waals surface area contributed by atoms with Crippen LogP contribution >= 0.6 is 0 Å². The molecule has 4 heteroatoms. The Labute approximate surface area is 193 Å². The number of fused-ring (bicyclic) bond motifs is 1. The quantitative estimate of drug-likeness (QED) is 0.196. The number of rotatable bonds is 7. The number of allylic oxidation sites excluding steroid dienone is 3. The van der Waals surface area contributed by atoms with Crippen LogP contribution in [0.25, 0.3) is 11.6 Å². The van der Waals surface area contributed by atoms with Crippen LogP contribution in [0.1, 0.15) is 64.6 Å². The van der Waals surface area contributed by atoms with Gasteiger partial charge in [-0.2, -0.15) is 0 Å². The summed E-state index contributed by atoms with van der Waals surface area (Å²) in [6, 6.07) is 14.1. The van der Waals surface area contributed by atoms with Gasteiger partial charge in [-0.15, -0.1) is 0 Å². The van der Waals surface area contributed by atoms with Crippen molar-refractivity contribution in [2.45, 2.75) is 58.3 Å². The fourth-order valence-corrected chi connectivity index (χ4v) is 4.48. The summed E-state index contributed by atoms with van der Waals surface area (Å²) >= 11 is 0. The Bertz CT molecular complexity index is 1070. The average Bonchev–Trinajstić information content (AvgIpc) is 2.74. The van der Waals surface area contributed by atoms with E-state index in [-0.39, 0.29) is 17.2 Å². The second-order valence-corrected chi connectivity index (χ2v) is 16.1. The minimum Gasteiger partial charge on any atom is -0.462 e. The lowest BCUT2D eigenvalue weighted by molar-refractivity contribution is 0.0525. The highest BCUT2D eigenvalue weighted by molar-refractivity contribution is 6.76. The molecule has 0 amide bonds. The number of ether oxygens (including phenoxy) is 1. The van der Waals surface area contributed by atoms with Crippen molar-refractivity contribution < 1.29 is 14.3 Å². The van der Waals surface area contributed by atoms with Gasteiger partial charge >= 0.3 is 5.97 Å². The van der Waals surface area contributed by atoms with Crippen molar-refractivity contribution in [2.75, 3.05) is 6.61 Å². The SMILES string of the molecule is CC1=CCC(C)(C)c2cc(C(=O)C=Cc3ccc(C(=O)OCC[Si](C)(C)C)cc3)ccc21. The summed E-state index contributed by atoms with van der Waals surface area (Å²) in [4.78, 5) is 25.0. The summed E-state index contributed by atoms with van der Waals surface area (Å²) in [7, 11) is -1.22. The molecule has 0 fully saturated rings. The minimum absolute atomic E-state index is 0.0222. The Balaban J connectivity index is 1.66. The standard InChI is InChI=1S/C28H34O3Si/c1-20-15-16-28(2,3)25-19-23(12-13-24(20)25)26(29)14-9-21-7-10-22(11-8-21)27(30)31-17-18-32(4,5)6/h7-15,19H,16-18H2,1-6H3. The Morgan fingerprint density at radius 1 is 1.03 bits per heavy atom. The molecule has 168 valence electrons. The molecular formula is C28H34O3Si. The van der Waals surface area contributed by atoms with E-state index >= 15 is 0 Å². The Hall–Kier alpha value is -2.72. The third kappa shape index (κ3) is 5.95. The van der Waals surface area contributed by atoms with Crippen molar-refractivity contribution in [1.29, 1.82) is 0 Å². The van der Waals surface area contributed by atoms with Crippen LogP contribution in [-0.2, 0) is 10.2 Å². The van der Waals surface area contributed by atoms with Crippen molar-refractivity contribution in [3.8, 4) is 0 Å². The molecule has 0 radical (unpaired) electrons. The van der Waals surface area contributed by atoms with E-state index < -0.39 is 8.07 Å². The van der Waals surface area contributed by atoms with Gasteiger partial charge in [-0.3, -0.25) is 4.79 Å². The first-order valence-electron chi connectivity index (χ1n) is 11.3. The summed E-state index contributed by atoms with van der Waals surface area (Å²) in [6.07, 6.45) is 6.64. The lowest BCUT2D eigenvalue weighted by Gasteiger charge is -2.31. The predicted octanol–water partition coefficient (Wildman–Crippen LogP) is 7.16. The largest absolute Gasteiger partial charge is 0.462 e. The molecule has 0 N–H and O–H groups in total. The lowest BCUT2D eigenvalue weighted by Crippen LogP contribution is -2.22. The molecule has 0 saturated carbocycles. The van der Waals surface area contributed by atoms with Gasteiger partial charge in [0.1, 0.15) is 0 Å². The minimum atomic E-state index is -1.22. The number of esters is 1. The molecule has 3 nitrogen and oxygen atoms in total. The van der Waals surface area contributed by atoms with E-state index in [0.29, 0.717) is 17.7 Å².